The van der Waals surface area contributed by atoms with Gasteiger partial charge in [0.25, 0.3) is 0 Å². The molecule has 0 radical (unpaired) electrons. The minimum Gasteiger partial charge on any atom is -0.493 e. The quantitative estimate of drug-likeness (QED) is 0.696. The fraction of sp³-hybridized carbons (Fsp3) is 0.524. The Morgan fingerprint density at radius 3 is 2.59 bits per heavy atom. The molecule has 5 nitrogen and oxygen atoms in total. The highest BCUT2D eigenvalue weighted by molar-refractivity contribution is 7.14. The first kappa shape index (κ1) is 18.3. The Bertz CT molecular complexity index is 889. The molecule has 2 aliphatic rings. The first-order valence-corrected chi connectivity index (χ1v) is 10.3. The normalized spacial score (nSPS) is 27.1. The number of nitrogens with zero attached hydrogens (tertiary/aromatic N) is 2. The number of anilines is 1. The summed E-state index contributed by atoms with van der Waals surface area (Å²) in [6.07, 6.45) is 3.66. The molecule has 27 heavy (non-hydrogen) atoms. The molecule has 0 amide bonds. The van der Waals surface area contributed by atoms with Crippen molar-refractivity contribution in [2.45, 2.75) is 40.0 Å². The molecule has 2 atom stereocenters. The molecule has 2 fully saturated rings. The highest BCUT2D eigenvalue weighted by atomic mass is 32.1. The van der Waals surface area contributed by atoms with Crippen LogP contribution in [0.4, 0.5) is 5.13 Å². The van der Waals surface area contributed by atoms with Gasteiger partial charge in [0, 0.05) is 22.1 Å². The maximum atomic E-state index is 5.39. The van der Waals surface area contributed by atoms with Crippen LogP contribution in [0.2, 0.25) is 0 Å². The molecular formula is C21H27N3O2S. The number of aromatic nitrogens is 1. The number of rotatable bonds is 5. The third-order valence-electron chi connectivity index (χ3n) is 6.98. The molecule has 0 aliphatic heterocycles. The summed E-state index contributed by atoms with van der Waals surface area (Å²) in [6.45, 7) is 7.16. The lowest BCUT2D eigenvalue weighted by molar-refractivity contribution is 0.194. The predicted octanol–water partition coefficient (Wildman–Crippen LogP) is 5.44. The lowest BCUT2D eigenvalue weighted by atomic mass is 9.70. The molecule has 1 heterocycles. The van der Waals surface area contributed by atoms with Gasteiger partial charge in [-0.15, -0.1) is 11.3 Å². The average Bonchev–Trinajstić information content (AvgIpc) is 3.28. The Labute approximate surface area is 164 Å². The summed E-state index contributed by atoms with van der Waals surface area (Å²) in [6, 6.07) is 5.84. The number of hydrogen-bond acceptors (Lipinski definition) is 6. The second-order valence-corrected chi connectivity index (χ2v) is 9.13. The third kappa shape index (κ3) is 2.81. The van der Waals surface area contributed by atoms with E-state index in [9.17, 15) is 0 Å². The molecule has 0 spiro atoms. The second kappa shape index (κ2) is 6.51. The number of methoxy groups -OCH3 is 2. The summed E-state index contributed by atoms with van der Waals surface area (Å²) in [7, 11) is 3.28. The van der Waals surface area contributed by atoms with Crippen LogP contribution in [-0.4, -0.2) is 24.9 Å². The molecule has 2 unspecified atom stereocenters. The molecule has 2 bridgehead atoms. The van der Waals surface area contributed by atoms with Gasteiger partial charge in [-0.05, 0) is 48.8 Å². The van der Waals surface area contributed by atoms with E-state index in [1.807, 2.05) is 23.6 Å². The SMILES string of the molecule is COc1ccc(-c2csc(NN=C3CC4CCC3(C)C4(C)C)n2)cc1OC. The van der Waals surface area contributed by atoms with Crippen LogP contribution in [0.25, 0.3) is 11.3 Å². The van der Waals surface area contributed by atoms with E-state index in [1.54, 1.807) is 25.6 Å². The van der Waals surface area contributed by atoms with Crippen molar-refractivity contribution in [1.29, 1.82) is 0 Å². The zero-order valence-corrected chi connectivity index (χ0v) is 17.4. The van der Waals surface area contributed by atoms with Gasteiger partial charge in [0.1, 0.15) is 0 Å². The Hall–Kier alpha value is -2.08. The fourth-order valence-electron chi connectivity index (χ4n) is 4.67. The lowest BCUT2D eigenvalue weighted by Crippen LogP contribution is -2.32. The molecule has 144 valence electrons. The maximum absolute atomic E-state index is 5.39. The van der Waals surface area contributed by atoms with Crippen LogP contribution < -0.4 is 14.9 Å². The zero-order valence-electron chi connectivity index (χ0n) is 16.6. The van der Waals surface area contributed by atoms with Crippen LogP contribution in [0.3, 0.4) is 0 Å². The van der Waals surface area contributed by atoms with Gasteiger partial charge in [0.05, 0.1) is 19.9 Å². The van der Waals surface area contributed by atoms with Gasteiger partial charge in [0.2, 0.25) is 5.13 Å². The highest BCUT2D eigenvalue weighted by Gasteiger charge is 2.59. The number of hydrazone groups is 1. The summed E-state index contributed by atoms with van der Waals surface area (Å²) in [5.41, 5.74) is 6.95. The Morgan fingerprint density at radius 1 is 1.19 bits per heavy atom. The monoisotopic (exact) mass is 385 g/mol. The molecule has 2 aromatic rings. The number of ether oxygens (including phenoxy) is 2. The minimum absolute atomic E-state index is 0.202. The van der Waals surface area contributed by atoms with Crippen molar-refractivity contribution in [3.63, 3.8) is 0 Å². The molecule has 2 aliphatic carbocycles. The second-order valence-electron chi connectivity index (χ2n) is 8.27. The van der Waals surface area contributed by atoms with Gasteiger partial charge in [-0.3, -0.25) is 5.43 Å². The van der Waals surface area contributed by atoms with Gasteiger partial charge < -0.3 is 9.47 Å². The molecule has 6 heteroatoms. The summed E-state index contributed by atoms with van der Waals surface area (Å²) < 4.78 is 10.7. The van der Waals surface area contributed by atoms with E-state index in [4.69, 9.17) is 19.6 Å². The Balaban J connectivity index is 1.53. The molecule has 1 N–H and O–H groups in total. The van der Waals surface area contributed by atoms with E-state index in [0.29, 0.717) is 16.9 Å². The van der Waals surface area contributed by atoms with Crippen LogP contribution >= 0.6 is 11.3 Å². The van der Waals surface area contributed by atoms with Crippen molar-refractivity contribution in [2.24, 2.45) is 21.8 Å². The number of nitrogens with one attached hydrogen (secondary N) is 1. The highest BCUT2D eigenvalue weighted by Crippen LogP contribution is 2.63. The molecule has 1 aromatic carbocycles. The summed E-state index contributed by atoms with van der Waals surface area (Å²) in [5, 5.41) is 7.64. The van der Waals surface area contributed by atoms with E-state index in [0.717, 1.165) is 28.7 Å². The summed E-state index contributed by atoms with van der Waals surface area (Å²) in [5.74, 6) is 2.17. The predicted molar refractivity (Wildman–Crippen MR) is 111 cm³/mol. The summed E-state index contributed by atoms with van der Waals surface area (Å²) >= 11 is 1.57. The third-order valence-corrected chi connectivity index (χ3v) is 7.73. The van der Waals surface area contributed by atoms with Gasteiger partial charge in [0.15, 0.2) is 11.5 Å². The van der Waals surface area contributed by atoms with Crippen molar-refractivity contribution >= 4 is 22.2 Å². The van der Waals surface area contributed by atoms with E-state index >= 15 is 0 Å². The van der Waals surface area contributed by atoms with E-state index in [-0.39, 0.29) is 5.41 Å². The van der Waals surface area contributed by atoms with E-state index in [1.165, 1.54) is 18.6 Å². The van der Waals surface area contributed by atoms with Gasteiger partial charge in [-0.1, -0.05) is 20.8 Å². The van der Waals surface area contributed by atoms with Gasteiger partial charge in [-0.2, -0.15) is 5.10 Å². The molecule has 1 aromatic heterocycles. The number of hydrogen-bond donors (Lipinski definition) is 1. The number of benzene rings is 1. The lowest BCUT2D eigenvalue weighted by Gasteiger charge is -2.34. The number of thiazole rings is 1. The zero-order chi connectivity index (χ0) is 19.2. The van der Waals surface area contributed by atoms with Crippen LogP contribution in [0, 0.1) is 16.7 Å². The van der Waals surface area contributed by atoms with Crippen LogP contribution in [-0.2, 0) is 0 Å². The number of fused-ring (bicyclic) bond motifs is 2. The van der Waals surface area contributed by atoms with Crippen molar-refractivity contribution in [3.05, 3.63) is 23.6 Å². The molecule has 2 saturated carbocycles. The van der Waals surface area contributed by atoms with E-state index < -0.39 is 0 Å². The molecular weight excluding hydrogens is 358 g/mol. The van der Waals surface area contributed by atoms with Crippen molar-refractivity contribution in [2.75, 3.05) is 19.6 Å². The Kier molecular flexibility index (Phi) is 4.41. The van der Waals surface area contributed by atoms with Crippen molar-refractivity contribution < 1.29 is 9.47 Å². The van der Waals surface area contributed by atoms with E-state index in [2.05, 4.69) is 26.2 Å². The Morgan fingerprint density at radius 2 is 1.96 bits per heavy atom. The largest absolute Gasteiger partial charge is 0.493 e. The summed E-state index contributed by atoms with van der Waals surface area (Å²) in [4.78, 5) is 4.70. The average molecular weight is 386 g/mol. The van der Waals surface area contributed by atoms with Crippen LogP contribution in [0.1, 0.15) is 40.0 Å². The van der Waals surface area contributed by atoms with Crippen LogP contribution in [0.15, 0.2) is 28.7 Å². The first-order chi connectivity index (χ1) is 12.9. The van der Waals surface area contributed by atoms with Crippen LogP contribution in [0.5, 0.6) is 11.5 Å². The van der Waals surface area contributed by atoms with Gasteiger partial charge in [-0.25, -0.2) is 4.98 Å². The van der Waals surface area contributed by atoms with Crippen molar-refractivity contribution in [1.82, 2.24) is 4.98 Å². The standard InChI is InChI=1S/C21H27N3O2S/c1-20(2)14-8-9-21(20,3)18(11-14)23-24-19-22-15(12-27-19)13-6-7-16(25-4)17(10-13)26-5/h6-7,10,12,14H,8-9,11H2,1-5H3,(H,22,24). The van der Waals surface area contributed by atoms with Crippen molar-refractivity contribution in [3.8, 4) is 22.8 Å². The van der Waals surface area contributed by atoms with Gasteiger partial charge >= 0.3 is 0 Å². The maximum Gasteiger partial charge on any atom is 0.203 e. The topological polar surface area (TPSA) is 55.7 Å². The fourth-order valence-corrected chi connectivity index (χ4v) is 5.33. The minimum atomic E-state index is 0.202. The smallest absolute Gasteiger partial charge is 0.203 e. The molecule has 4 rings (SSSR count). The first-order valence-electron chi connectivity index (χ1n) is 9.40. The molecule has 0 saturated heterocycles.